The summed E-state index contributed by atoms with van der Waals surface area (Å²) < 4.78 is 2.64. The molecule has 0 radical (unpaired) electrons. The first-order chi connectivity index (χ1) is 10.6. The Kier molecular flexibility index (Phi) is 5.41. The number of amides is 2. The van der Waals surface area contributed by atoms with Crippen molar-refractivity contribution in [1.29, 1.82) is 0 Å². The normalized spacial score (nSPS) is 19.2. The first-order valence-corrected chi connectivity index (χ1v) is 7.32. The summed E-state index contributed by atoms with van der Waals surface area (Å²) in [6, 6.07) is 0. The molecule has 6 N–H and O–H groups in total. The summed E-state index contributed by atoms with van der Waals surface area (Å²) in [7, 11) is 0. The monoisotopic (exact) mass is 312 g/mol. The largest absolute Gasteiger partial charge is 0.355 e. The third-order valence-electron chi connectivity index (χ3n) is 4.05. The molecule has 2 amide bonds. The van der Waals surface area contributed by atoms with E-state index in [0.29, 0.717) is 30.4 Å². The highest BCUT2D eigenvalue weighted by atomic mass is 16.2. The molecule has 0 unspecified atom stereocenters. The van der Waals surface area contributed by atoms with Gasteiger partial charge in [-0.3, -0.25) is 25.4 Å². The second-order valence-corrected chi connectivity index (χ2v) is 5.49. The number of hydrazone groups is 1. The fourth-order valence-corrected chi connectivity index (χ4v) is 2.70. The highest BCUT2D eigenvalue weighted by Gasteiger charge is 2.41. The Morgan fingerprint density at radius 1 is 1.23 bits per heavy atom. The molecule has 0 aliphatic carbocycles. The molecule has 0 spiro atoms. The average molecular weight is 312 g/mol. The number of quaternary nitrogens is 1. The van der Waals surface area contributed by atoms with Crippen molar-refractivity contribution >= 4 is 24.5 Å². The maximum atomic E-state index is 11.4. The molecule has 0 bridgehead atoms. The summed E-state index contributed by atoms with van der Waals surface area (Å²) in [5.41, 5.74) is 4.28. The molecule has 22 heavy (non-hydrogen) atoms. The summed E-state index contributed by atoms with van der Waals surface area (Å²) in [5.74, 6) is 9.85. The smallest absolute Gasteiger partial charge is 0.294 e. The Labute approximate surface area is 128 Å². The van der Waals surface area contributed by atoms with Crippen LogP contribution in [0.2, 0.25) is 0 Å². The number of hydrogen-bond acceptors (Lipinski definition) is 6. The van der Waals surface area contributed by atoms with E-state index in [-0.39, 0.29) is 11.8 Å². The van der Waals surface area contributed by atoms with E-state index in [9.17, 15) is 9.59 Å². The number of rotatable bonds is 7. The molecule has 0 aromatic rings. The van der Waals surface area contributed by atoms with E-state index in [1.165, 1.54) is 0 Å². The number of carbonyl (C=O) groups excluding carboxylic acids is 2. The Hall–Kier alpha value is -2.04. The van der Waals surface area contributed by atoms with Gasteiger partial charge in [-0.05, 0) is 0 Å². The summed E-state index contributed by atoms with van der Waals surface area (Å²) in [5, 5.41) is 2.05. The number of nitrogens with two attached hydrogens (primary N) is 2. The third-order valence-corrected chi connectivity index (χ3v) is 4.05. The van der Waals surface area contributed by atoms with Crippen LogP contribution in [-0.4, -0.2) is 77.9 Å². The molecular weight excluding hydrogens is 288 g/mol. The molecule has 122 valence electrons. The van der Waals surface area contributed by atoms with Gasteiger partial charge in [-0.15, -0.1) is 5.01 Å². The second kappa shape index (κ2) is 7.29. The fraction of sp³-hybridized carbons (Fsp3) is 0.667. The van der Waals surface area contributed by atoms with E-state index < -0.39 is 0 Å². The van der Waals surface area contributed by atoms with E-state index in [2.05, 4.69) is 26.9 Å². The first kappa shape index (κ1) is 16.3. The van der Waals surface area contributed by atoms with Crippen molar-refractivity contribution in [1.82, 2.24) is 15.9 Å². The molecule has 2 aliphatic rings. The quantitative estimate of drug-likeness (QED) is 0.130. The van der Waals surface area contributed by atoms with Gasteiger partial charge in [0.25, 0.3) is 0 Å². The van der Waals surface area contributed by atoms with Crippen molar-refractivity contribution < 1.29 is 18.8 Å². The highest BCUT2D eigenvalue weighted by molar-refractivity contribution is 5.76. The van der Waals surface area contributed by atoms with Crippen LogP contribution in [-0.2, 0) is 9.59 Å². The maximum absolute atomic E-state index is 11.4. The summed E-state index contributed by atoms with van der Waals surface area (Å²) in [6.45, 7) is 4.45. The summed E-state index contributed by atoms with van der Waals surface area (Å²) in [6.07, 6.45) is 4.49. The summed E-state index contributed by atoms with van der Waals surface area (Å²) in [4.78, 5) is 27.1. The SMILES string of the molecule is NNC(=O)CC[N+]1(CCC(=O)NN)C=[N+](N2C=NCC2)CC1. The van der Waals surface area contributed by atoms with Gasteiger partial charge in [0, 0.05) is 0 Å². The topological polar surface area (TPSA) is 129 Å². The van der Waals surface area contributed by atoms with Crippen LogP contribution in [0.3, 0.4) is 0 Å². The molecule has 2 aliphatic heterocycles. The van der Waals surface area contributed by atoms with Crippen molar-refractivity contribution in [3.8, 4) is 0 Å². The summed E-state index contributed by atoms with van der Waals surface area (Å²) >= 11 is 0. The maximum Gasteiger partial charge on any atom is 0.355 e. The molecular formula is C12H24N8O2+2. The molecule has 2 rings (SSSR count). The van der Waals surface area contributed by atoms with E-state index in [1.807, 2.05) is 11.3 Å². The molecule has 0 saturated heterocycles. The van der Waals surface area contributed by atoms with Crippen LogP contribution in [0.25, 0.3) is 0 Å². The number of nitrogens with zero attached hydrogens (tertiary/aromatic N) is 4. The van der Waals surface area contributed by atoms with Gasteiger partial charge >= 0.3 is 6.34 Å². The Balaban J connectivity index is 2.06. The molecule has 0 fully saturated rings. The third kappa shape index (κ3) is 4.00. The Morgan fingerprint density at radius 2 is 1.86 bits per heavy atom. The zero-order valence-corrected chi connectivity index (χ0v) is 12.6. The van der Waals surface area contributed by atoms with Crippen molar-refractivity contribution in [3.05, 3.63) is 0 Å². The van der Waals surface area contributed by atoms with Crippen LogP contribution in [0.15, 0.2) is 4.99 Å². The van der Waals surface area contributed by atoms with Crippen molar-refractivity contribution in [2.75, 3.05) is 39.3 Å². The van der Waals surface area contributed by atoms with Crippen LogP contribution in [0.5, 0.6) is 0 Å². The van der Waals surface area contributed by atoms with Gasteiger partial charge in [-0.1, -0.05) is 4.68 Å². The standard InChI is InChI=1S/C12H22N8O2/c13-16-11(21)1-6-20(7-2-12(22)17-14)8-5-19(10-20)18-4-3-15-9-18/h9-10H,1-8,13-14H2/p+2. The van der Waals surface area contributed by atoms with Crippen molar-refractivity contribution in [2.45, 2.75) is 12.8 Å². The number of aliphatic imine (C=N–C) groups is 1. The predicted molar refractivity (Wildman–Crippen MR) is 80.0 cm³/mol. The van der Waals surface area contributed by atoms with Crippen LogP contribution in [0.4, 0.5) is 0 Å². The van der Waals surface area contributed by atoms with E-state index in [1.54, 1.807) is 0 Å². The lowest BCUT2D eigenvalue weighted by molar-refractivity contribution is -0.831. The number of nitrogens with one attached hydrogen (secondary N) is 2. The zero-order chi connectivity index (χ0) is 16.0. The zero-order valence-electron chi connectivity index (χ0n) is 12.6. The molecule has 10 heteroatoms. The number of hydrogen-bond donors (Lipinski definition) is 4. The Morgan fingerprint density at radius 3 is 2.36 bits per heavy atom. The molecule has 0 aromatic heterocycles. The van der Waals surface area contributed by atoms with Gasteiger partial charge < -0.3 is 0 Å². The minimum absolute atomic E-state index is 0.213. The van der Waals surface area contributed by atoms with Crippen LogP contribution >= 0.6 is 0 Å². The van der Waals surface area contributed by atoms with Crippen LogP contribution in [0, 0.1) is 0 Å². The number of carbonyl (C=O) groups is 2. The van der Waals surface area contributed by atoms with E-state index in [0.717, 1.165) is 26.2 Å². The molecule has 10 nitrogen and oxygen atoms in total. The lowest BCUT2D eigenvalue weighted by Crippen LogP contribution is -2.50. The minimum Gasteiger partial charge on any atom is -0.294 e. The lowest BCUT2D eigenvalue weighted by Gasteiger charge is -2.26. The van der Waals surface area contributed by atoms with Crippen LogP contribution < -0.4 is 22.5 Å². The van der Waals surface area contributed by atoms with Gasteiger partial charge in [0.2, 0.25) is 18.4 Å². The molecule has 0 atom stereocenters. The number of hydrazine groups is 3. The van der Waals surface area contributed by atoms with Gasteiger partial charge in [-0.25, -0.2) is 16.2 Å². The minimum atomic E-state index is -0.213. The molecule has 0 aromatic carbocycles. The lowest BCUT2D eigenvalue weighted by atomic mass is 10.2. The highest BCUT2D eigenvalue weighted by Crippen LogP contribution is 2.13. The molecule has 0 saturated carbocycles. The second-order valence-electron chi connectivity index (χ2n) is 5.49. The predicted octanol–water partition coefficient (Wildman–Crippen LogP) is -3.12. The van der Waals surface area contributed by atoms with Gasteiger partial charge in [0.1, 0.15) is 6.34 Å². The fourth-order valence-electron chi connectivity index (χ4n) is 2.70. The van der Waals surface area contributed by atoms with Crippen molar-refractivity contribution in [2.24, 2.45) is 16.7 Å². The molecule has 2 heterocycles. The van der Waals surface area contributed by atoms with Crippen LogP contribution in [0.1, 0.15) is 12.8 Å². The van der Waals surface area contributed by atoms with Gasteiger partial charge in [0.15, 0.2) is 6.54 Å². The Bertz CT molecular complexity index is 470. The van der Waals surface area contributed by atoms with Gasteiger partial charge in [0.05, 0.1) is 39.0 Å². The van der Waals surface area contributed by atoms with Crippen molar-refractivity contribution in [3.63, 3.8) is 0 Å². The first-order valence-electron chi connectivity index (χ1n) is 7.32. The average Bonchev–Trinajstić information content (AvgIpc) is 3.20. The van der Waals surface area contributed by atoms with Gasteiger partial charge in [-0.2, -0.15) is 0 Å². The van der Waals surface area contributed by atoms with E-state index in [4.69, 9.17) is 11.7 Å². The van der Waals surface area contributed by atoms with E-state index >= 15 is 0 Å².